The van der Waals surface area contributed by atoms with Gasteiger partial charge in [-0.3, -0.25) is 0 Å². The van der Waals surface area contributed by atoms with Crippen molar-refractivity contribution in [1.29, 1.82) is 0 Å². The first-order valence-electron chi connectivity index (χ1n) is 11.3. The Bertz CT molecular complexity index is 1340. The van der Waals surface area contributed by atoms with Crippen LogP contribution in [0.25, 0.3) is 22.3 Å². The number of rotatable bonds is 6. The van der Waals surface area contributed by atoms with Gasteiger partial charge >= 0.3 is 196 Å². The van der Waals surface area contributed by atoms with Crippen LogP contribution in [0.3, 0.4) is 0 Å². The molecule has 0 radical (unpaired) electrons. The molecule has 0 saturated heterocycles. The molecule has 1 heterocycles. The fourth-order valence-corrected chi connectivity index (χ4v) is 11.2. The van der Waals surface area contributed by atoms with Crippen molar-refractivity contribution in [1.82, 2.24) is 0 Å². The number of para-hydroxylation sites is 1. The summed E-state index contributed by atoms with van der Waals surface area (Å²) in [5.41, 5.74) is 5.42. The molecule has 0 aromatic heterocycles. The quantitative estimate of drug-likeness (QED) is 0.313. The molecule has 1 N–H and O–H groups in total. The molecule has 5 rings (SSSR count). The monoisotopic (exact) mass is 474 g/mol. The molecule has 1 aliphatic heterocycles. The van der Waals surface area contributed by atoms with Gasteiger partial charge in [0, 0.05) is 0 Å². The Labute approximate surface area is 196 Å². The third-order valence-electron chi connectivity index (χ3n) is 6.41. The molecule has 0 spiro atoms. The predicted molar refractivity (Wildman–Crippen MR) is 142 cm³/mol. The average molecular weight is 474 g/mol. The summed E-state index contributed by atoms with van der Waals surface area (Å²) in [5, 5.41) is 1.04. The molecule has 5 heteroatoms. The van der Waals surface area contributed by atoms with Gasteiger partial charge < -0.3 is 0 Å². The third-order valence-corrected chi connectivity index (χ3v) is 11.9. The van der Waals surface area contributed by atoms with Gasteiger partial charge in [-0.05, 0) is 0 Å². The van der Waals surface area contributed by atoms with Gasteiger partial charge in [0.25, 0.3) is 0 Å². The average Bonchev–Trinajstić information content (AvgIpc) is 2.84. The first-order valence-corrected chi connectivity index (χ1v) is 15.9. The Hall–Kier alpha value is -2.70. The van der Waals surface area contributed by atoms with Crippen molar-refractivity contribution in [2.24, 2.45) is 0 Å². The number of hydrogen-bond acceptors (Lipinski definition) is 3. The van der Waals surface area contributed by atoms with E-state index >= 15 is 0 Å². The van der Waals surface area contributed by atoms with E-state index in [1.807, 2.05) is 84.9 Å². The van der Waals surface area contributed by atoms with Crippen molar-refractivity contribution in [3.8, 4) is 28.0 Å². The van der Waals surface area contributed by atoms with Gasteiger partial charge in [-0.15, -0.1) is 0 Å². The van der Waals surface area contributed by atoms with E-state index in [2.05, 4.69) is 18.2 Å². The Balaban J connectivity index is 1.40. The van der Waals surface area contributed by atoms with Crippen LogP contribution in [-0.4, -0.2) is 23.9 Å². The van der Waals surface area contributed by atoms with Crippen LogP contribution in [-0.2, 0) is 10.7 Å². The number of fused-ring (bicyclic) bond motifs is 3. The third kappa shape index (κ3) is 4.55. The van der Waals surface area contributed by atoms with Gasteiger partial charge in [0.1, 0.15) is 0 Å². The molecule has 4 aromatic rings. The summed E-state index contributed by atoms with van der Waals surface area (Å²) in [5.74, 6) is 0.623. The minimum absolute atomic E-state index is 0.343. The van der Waals surface area contributed by atoms with Crippen molar-refractivity contribution < 1.29 is 14.0 Å². The van der Waals surface area contributed by atoms with Crippen LogP contribution in [0.15, 0.2) is 103 Å². The van der Waals surface area contributed by atoms with Crippen LogP contribution in [0.5, 0.6) is 5.75 Å². The molecule has 1 atom stereocenters. The molecule has 33 heavy (non-hydrogen) atoms. The van der Waals surface area contributed by atoms with Gasteiger partial charge in [0.05, 0.1) is 0 Å². The molecule has 0 bridgehead atoms. The van der Waals surface area contributed by atoms with Crippen LogP contribution in [0.4, 0.5) is 0 Å². The van der Waals surface area contributed by atoms with Crippen molar-refractivity contribution in [2.75, 3.05) is 19.0 Å². The summed E-state index contributed by atoms with van der Waals surface area (Å²) in [6.45, 7) is 1.69. The summed E-state index contributed by atoms with van der Waals surface area (Å²) in [7, 11) is -5.86. The molecular formula is C28H28O3P2. The maximum atomic E-state index is 13.6. The van der Waals surface area contributed by atoms with E-state index in [-0.39, 0.29) is 0 Å². The zero-order valence-corrected chi connectivity index (χ0v) is 20.5. The van der Waals surface area contributed by atoms with Crippen LogP contribution >= 0.6 is 14.9 Å². The Morgan fingerprint density at radius 2 is 1.39 bits per heavy atom. The molecule has 3 nitrogen and oxygen atoms in total. The van der Waals surface area contributed by atoms with Gasteiger partial charge in [-0.2, -0.15) is 0 Å². The first-order chi connectivity index (χ1) is 16.0. The molecule has 1 aliphatic rings. The molecule has 0 unspecified atom stereocenters. The van der Waals surface area contributed by atoms with E-state index in [9.17, 15) is 9.46 Å². The SMILES string of the molecule is C[P@@](=O)(CC[PH]1(O)Cc2ccccc2-c2ccccc21)Oc1ccccc1-c1ccccc1. The van der Waals surface area contributed by atoms with E-state index in [1.165, 1.54) is 11.1 Å². The van der Waals surface area contributed by atoms with E-state index in [4.69, 9.17) is 4.52 Å². The van der Waals surface area contributed by atoms with Gasteiger partial charge in [0.2, 0.25) is 0 Å². The Morgan fingerprint density at radius 1 is 0.788 bits per heavy atom. The topological polar surface area (TPSA) is 46.5 Å². The molecule has 168 valence electrons. The normalized spacial score (nSPS) is 16.7. The van der Waals surface area contributed by atoms with E-state index in [0.717, 1.165) is 22.0 Å². The summed E-state index contributed by atoms with van der Waals surface area (Å²) in [4.78, 5) is 11.9. The second-order valence-electron chi connectivity index (χ2n) is 8.85. The summed E-state index contributed by atoms with van der Waals surface area (Å²) in [6.07, 6.45) is 1.48. The Kier molecular flexibility index (Phi) is 5.97. The van der Waals surface area contributed by atoms with Crippen LogP contribution in [0, 0.1) is 0 Å². The zero-order valence-electron chi connectivity index (χ0n) is 18.6. The summed E-state index contributed by atoms with van der Waals surface area (Å²) < 4.78 is 19.7. The van der Waals surface area contributed by atoms with Gasteiger partial charge in [-0.25, -0.2) is 0 Å². The second kappa shape index (κ2) is 8.92. The standard InChI is InChI=1S/C28H28O3P2/c1-32(29,31-27-17-9-7-15-25(27)22-11-3-2-4-12-22)19-20-33(30)21-23-13-5-6-14-24(23)26-16-8-10-18-28(26)33/h2-18,30,33H,19-21H2,1H3/t32-/m0/s1. The fourth-order valence-electron chi connectivity index (χ4n) is 4.74. The van der Waals surface area contributed by atoms with E-state index < -0.39 is 14.9 Å². The van der Waals surface area contributed by atoms with Crippen LogP contribution in [0.1, 0.15) is 5.56 Å². The molecule has 0 aliphatic carbocycles. The molecule has 0 saturated carbocycles. The fraction of sp³-hybridized carbons (Fsp3) is 0.143. The van der Waals surface area contributed by atoms with E-state index in [0.29, 0.717) is 24.2 Å². The predicted octanol–water partition coefficient (Wildman–Crippen LogP) is 6.80. The maximum absolute atomic E-state index is 13.6. The van der Waals surface area contributed by atoms with E-state index in [1.54, 1.807) is 6.66 Å². The van der Waals surface area contributed by atoms with Crippen molar-refractivity contribution in [2.45, 2.75) is 6.16 Å². The molecule has 4 aromatic carbocycles. The van der Waals surface area contributed by atoms with Crippen molar-refractivity contribution >= 4 is 20.2 Å². The molecule has 0 amide bonds. The van der Waals surface area contributed by atoms with Crippen LogP contribution < -0.4 is 9.83 Å². The van der Waals surface area contributed by atoms with Crippen molar-refractivity contribution in [3.05, 3.63) is 109 Å². The van der Waals surface area contributed by atoms with Gasteiger partial charge in [-0.1, -0.05) is 0 Å². The molecule has 0 fully saturated rings. The van der Waals surface area contributed by atoms with Gasteiger partial charge in [0.15, 0.2) is 0 Å². The van der Waals surface area contributed by atoms with Crippen LogP contribution in [0.2, 0.25) is 0 Å². The zero-order chi connectivity index (χ0) is 22.9. The minimum atomic E-state index is -2.99. The summed E-state index contributed by atoms with van der Waals surface area (Å²) in [6, 6.07) is 34.1. The van der Waals surface area contributed by atoms with Crippen molar-refractivity contribution in [3.63, 3.8) is 0 Å². The second-order valence-corrected chi connectivity index (χ2v) is 15.0. The molecular weight excluding hydrogens is 446 g/mol. The number of hydrogen-bond donors (Lipinski definition) is 1. The number of benzene rings is 4. The first kappa shape index (κ1) is 22.1. The summed E-state index contributed by atoms with van der Waals surface area (Å²) >= 11 is 0. The Morgan fingerprint density at radius 3 is 2.18 bits per heavy atom.